The van der Waals surface area contributed by atoms with Crippen LogP contribution in [0.5, 0.6) is 0 Å². The topological polar surface area (TPSA) is 38.0 Å². The fraction of sp³-hybridized carbons (Fsp3) is 0. The molecule has 0 amide bonds. The van der Waals surface area contributed by atoms with E-state index in [1.165, 1.54) is 30.3 Å². The first-order chi connectivity index (χ1) is 8.47. The van der Waals surface area contributed by atoms with Gasteiger partial charge in [-0.15, -0.1) is 0 Å². The Labute approximate surface area is 116 Å². The number of nitrogen functional groups attached to an aromatic ring is 1. The van der Waals surface area contributed by atoms with Crippen molar-refractivity contribution >= 4 is 44.6 Å². The lowest BCUT2D eigenvalue weighted by atomic mass is 10.2. The van der Waals surface area contributed by atoms with Crippen LogP contribution in [-0.4, -0.2) is 0 Å². The van der Waals surface area contributed by atoms with Crippen LogP contribution in [0, 0.1) is 11.6 Å². The van der Waals surface area contributed by atoms with E-state index in [9.17, 15) is 8.78 Å². The Kier molecular flexibility index (Phi) is 3.73. The van der Waals surface area contributed by atoms with E-state index in [0.717, 1.165) is 0 Å². The summed E-state index contributed by atoms with van der Waals surface area (Å²) in [7, 11) is 0. The van der Waals surface area contributed by atoms with Crippen molar-refractivity contribution in [2.45, 2.75) is 0 Å². The predicted molar refractivity (Wildman–Crippen MR) is 73.2 cm³/mol. The van der Waals surface area contributed by atoms with E-state index in [2.05, 4.69) is 21.2 Å². The lowest BCUT2D eigenvalue weighted by Crippen LogP contribution is -1.98. The molecule has 2 aromatic rings. The summed E-state index contributed by atoms with van der Waals surface area (Å²) in [6.07, 6.45) is 0. The van der Waals surface area contributed by atoms with Gasteiger partial charge in [0.05, 0.1) is 20.9 Å². The molecule has 2 rings (SSSR count). The van der Waals surface area contributed by atoms with E-state index in [4.69, 9.17) is 17.3 Å². The van der Waals surface area contributed by atoms with E-state index in [1.54, 1.807) is 0 Å². The molecule has 2 aromatic carbocycles. The minimum Gasteiger partial charge on any atom is -0.397 e. The molecule has 0 atom stereocenters. The molecule has 0 spiro atoms. The van der Waals surface area contributed by atoms with Crippen LogP contribution < -0.4 is 11.1 Å². The third-order valence-corrected chi connectivity index (χ3v) is 3.19. The van der Waals surface area contributed by atoms with Gasteiger partial charge in [-0.1, -0.05) is 11.6 Å². The summed E-state index contributed by atoms with van der Waals surface area (Å²) in [5.74, 6) is -0.953. The molecule has 18 heavy (non-hydrogen) atoms. The molecule has 0 heterocycles. The van der Waals surface area contributed by atoms with Crippen LogP contribution in [-0.2, 0) is 0 Å². The number of nitrogens with one attached hydrogen (secondary N) is 1. The molecule has 0 aliphatic rings. The lowest BCUT2D eigenvalue weighted by molar-refractivity contribution is 0.622. The Balaban J connectivity index is 2.34. The normalized spacial score (nSPS) is 10.4. The second-order valence-corrected chi connectivity index (χ2v) is 4.87. The van der Waals surface area contributed by atoms with Gasteiger partial charge in [-0.2, -0.15) is 0 Å². The predicted octanol–water partition coefficient (Wildman–Crippen LogP) is 4.71. The van der Waals surface area contributed by atoms with Gasteiger partial charge < -0.3 is 11.1 Å². The van der Waals surface area contributed by atoms with Crippen molar-refractivity contribution in [3.63, 3.8) is 0 Å². The van der Waals surface area contributed by atoms with Crippen molar-refractivity contribution in [3.8, 4) is 0 Å². The maximum absolute atomic E-state index is 13.2. The van der Waals surface area contributed by atoms with Gasteiger partial charge in [0.15, 0.2) is 0 Å². The van der Waals surface area contributed by atoms with Crippen molar-refractivity contribution in [3.05, 3.63) is 51.5 Å². The first-order valence-electron chi connectivity index (χ1n) is 4.94. The van der Waals surface area contributed by atoms with E-state index in [1.807, 2.05) is 0 Å². The van der Waals surface area contributed by atoms with Gasteiger partial charge in [0.1, 0.15) is 11.6 Å². The molecular formula is C12H8BrClF2N2. The summed E-state index contributed by atoms with van der Waals surface area (Å²) >= 11 is 8.72. The van der Waals surface area contributed by atoms with Crippen molar-refractivity contribution in [1.82, 2.24) is 0 Å². The zero-order chi connectivity index (χ0) is 13.3. The fourth-order valence-electron chi connectivity index (χ4n) is 1.40. The molecule has 2 nitrogen and oxygen atoms in total. The van der Waals surface area contributed by atoms with Gasteiger partial charge in [-0.05, 0) is 40.2 Å². The summed E-state index contributed by atoms with van der Waals surface area (Å²) in [5, 5.41) is 2.94. The first-order valence-corrected chi connectivity index (χ1v) is 6.11. The maximum atomic E-state index is 13.2. The van der Waals surface area contributed by atoms with E-state index >= 15 is 0 Å². The number of halogens is 4. The molecule has 0 fully saturated rings. The average molecular weight is 334 g/mol. The highest BCUT2D eigenvalue weighted by atomic mass is 79.9. The number of anilines is 3. The summed E-state index contributed by atoms with van der Waals surface area (Å²) in [5.41, 5.74) is 6.99. The number of benzene rings is 2. The Bertz CT molecular complexity index is 605. The smallest absolute Gasteiger partial charge is 0.141 e. The molecular weight excluding hydrogens is 325 g/mol. The zero-order valence-corrected chi connectivity index (χ0v) is 11.3. The van der Waals surface area contributed by atoms with Gasteiger partial charge in [0.2, 0.25) is 0 Å². The average Bonchev–Trinajstić information content (AvgIpc) is 2.31. The van der Waals surface area contributed by atoms with Gasteiger partial charge >= 0.3 is 0 Å². The molecule has 6 heteroatoms. The quantitative estimate of drug-likeness (QED) is 0.781. The molecule has 3 N–H and O–H groups in total. The van der Waals surface area contributed by atoms with Crippen molar-refractivity contribution in [2.75, 3.05) is 11.1 Å². The largest absolute Gasteiger partial charge is 0.397 e. The minimum atomic E-state index is -0.504. The molecule has 0 saturated heterocycles. The molecule has 94 valence electrons. The Hall–Kier alpha value is -1.33. The zero-order valence-electron chi connectivity index (χ0n) is 8.98. The molecule has 0 aliphatic heterocycles. The number of rotatable bonds is 2. The number of hydrogen-bond acceptors (Lipinski definition) is 2. The summed E-state index contributed by atoms with van der Waals surface area (Å²) < 4.78 is 26.5. The van der Waals surface area contributed by atoms with Crippen molar-refractivity contribution in [1.29, 1.82) is 0 Å². The van der Waals surface area contributed by atoms with Crippen LogP contribution in [0.15, 0.2) is 34.8 Å². The summed E-state index contributed by atoms with van der Waals surface area (Å²) in [6.45, 7) is 0. The van der Waals surface area contributed by atoms with Gasteiger partial charge in [-0.25, -0.2) is 8.78 Å². The molecule has 0 saturated carbocycles. The number of nitrogens with two attached hydrogens (primary N) is 1. The van der Waals surface area contributed by atoms with Crippen LogP contribution in [0.1, 0.15) is 0 Å². The van der Waals surface area contributed by atoms with E-state index < -0.39 is 11.6 Å². The summed E-state index contributed by atoms with van der Waals surface area (Å²) in [6, 6.07) is 6.87. The van der Waals surface area contributed by atoms with Crippen LogP contribution in [0.4, 0.5) is 25.8 Å². The molecule has 0 bridgehead atoms. The highest BCUT2D eigenvalue weighted by molar-refractivity contribution is 9.10. The van der Waals surface area contributed by atoms with Gasteiger partial charge in [0.25, 0.3) is 0 Å². The molecule has 0 radical (unpaired) electrons. The first kappa shape index (κ1) is 13.1. The molecule has 0 aromatic heterocycles. The molecule has 0 aliphatic carbocycles. The molecule has 0 unspecified atom stereocenters. The fourth-order valence-corrected chi connectivity index (χ4v) is 1.92. The highest BCUT2D eigenvalue weighted by Gasteiger charge is 2.07. The monoisotopic (exact) mass is 332 g/mol. The second kappa shape index (κ2) is 5.12. The van der Waals surface area contributed by atoms with E-state index in [-0.39, 0.29) is 15.2 Å². The second-order valence-electron chi connectivity index (χ2n) is 3.61. The SMILES string of the molecule is Nc1cc(F)c(Br)cc1Nc1ccc(F)c(Cl)c1. The maximum Gasteiger partial charge on any atom is 0.141 e. The Morgan fingerprint density at radius 3 is 2.50 bits per heavy atom. The van der Waals surface area contributed by atoms with Gasteiger partial charge in [0, 0.05) is 11.8 Å². The third-order valence-electron chi connectivity index (χ3n) is 2.29. The van der Waals surface area contributed by atoms with Gasteiger partial charge in [-0.3, -0.25) is 0 Å². The summed E-state index contributed by atoms with van der Waals surface area (Å²) in [4.78, 5) is 0. The van der Waals surface area contributed by atoms with E-state index in [0.29, 0.717) is 11.4 Å². The third kappa shape index (κ3) is 2.73. The highest BCUT2D eigenvalue weighted by Crippen LogP contribution is 2.30. The Morgan fingerprint density at radius 1 is 1.11 bits per heavy atom. The van der Waals surface area contributed by atoms with Crippen LogP contribution >= 0.6 is 27.5 Å². The van der Waals surface area contributed by atoms with Crippen molar-refractivity contribution in [2.24, 2.45) is 0 Å². The Morgan fingerprint density at radius 2 is 1.83 bits per heavy atom. The lowest BCUT2D eigenvalue weighted by Gasteiger charge is -2.11. The minimum absolute atomic E-state index is 0.000233. The van der Waals surface area contributed by atoms with Crippen LogP contribution in [0.2, 0.25) is 5.02 Å². The van der Waals surface area contributed by atoms with Crippen LogP contribution in [0.3, 0.4) is 0 Å². The standard InChI is InChI=1S/C12H8BrClF2N2/c13-7-4-12(11(17)5-10(7)16)18-6-1-2-9(15)8(14)3-6/h1-5,18H,17H2. The van der Waals surface area contributed by atoms with Crippen LogP contribution in [0.25, 0.3) is 0 Å². The van der Waals surface area contributed by atoms with Crippen molar-refractivity contribution < 1.29 is 8.78 Å². The number of hydrogen-bond donors (Lipinski definition) is 2.